The normalized spacial score (nSPS) is 13.5. The zero-order valence-corrected chi connectivity index (χ0v) is 18.4. The van der Waals surface area contributed by atoms with Gasteiger partial charge >= 0.3 is 0 Å². The smallest absolute Gasteiger partial charge is 0.220 e. The summed E-state index contributed by atoms with van der Waals surface area (Å²) in [6.45, 7) is 4.50. The lowest BCUT2D eigenvalue weighted by Crippen LogP contribution is -2.41. The van der Waals surface area contributed by atoms with E-state index in [1.807, 2.05) is 18.9 Å². The fraction of sp³-hybridized carbons (Fsp3) is 0.579. The number of carbonyl (C=O) groups excluding carboxylic acids is 1. The van der Waals surface area contributed by atoms with Gasteiger partial charge in [-0.05, 0) is 50.5 Å². The van der Waals surface area contributed by atoms with Gasteiger partial charge in [-0.2, -0.15) is 0 Å². The molecule has 0 bridgehead atoms. The minimum absolute atomic E-state index is 0. The third kappa shape index (κ3) is 9.78. The highest BCUT2D eigenvalue weighted by Gasteiger charge is 2.22. The number of benzene rings is 1. The van der Waals surface area contributed by atoms with E-state index in [1.54, 1.807) is 12.1 Å². The van der Waals surface area contributed by atoms with Crippen LogP contribution in [-0.4, -0.2) is 56.1 Å². The van der Waals surface area contributed by atoms with Gasteiger partial charge in [0.2, 0.25) is 5.91 Å². The van der Waals surface area contributed by atoms with Gasteiger partial charge in [0.05, 0.1) is 6.54 Å². The van der Waals surface area contributed by atoms with Gasteiger partial charge in [0.25, 0.3) is 0 Å². The van der Waals surface area contributed by atoms with Crippen molar-refractivity contribution < 1.29 is 13.9 Å². The van der Waals surface area contributed by atoms with Crippen molar-refractivity contribution in [1.82, 2.24) is 15.5 Å². The number of ether oxygens (including phenoxy) is 1. The van der Waals surface area contributed by atoms with Crippen molar-refractivity contribution in [3.05, 3.63) is 30.1 Å². The Hall–Kier alpha value is -1.58. The molecule has 1 aliphatic rings. The Bertz CT molecular complexity index is 594. The minimum atomic E-state index is -0.276. The van der Waals surface area contributed by atoms with E-state index in [9.17, 15) is 9.18 Å². The molecule has 2 N–H and O–H groups in total. The summed E-state index contributed by atoms with van der Waals surface area (Å²) in [5.41, 5.74) is 0. The molecule has 0 atom stereocenters. The highest BCUT2D eigenvalue weighted by molar-refractivity contribution is 14.0. The monoisotopic (exact) mass is 492 g/mol. The van der Waals surface area contributed by atoms with Crippen molar-refractivity contribution >= 4 is 35.8 Å². The van der Waals surface area contributed by atoms with E-state index >= 15 is 0 Å². The fourth-order valence-electron chi connectivity index (χ4n) is 2.36. The Balaban J connectivity index is 0.00000364. The number of carbonyl (C=O) groups is 1. The van der Waals surface area contributed by atoms with Gasteiger partial charge in [-0.3, -0.25) is 9.79 Å². The van der Waals surface area contributed by atoms with Crippen molar-refractivity contribution in [3.8, 4) is 5.75 Å². The lowest BCUT2D eigenvalue weighted by atomic mass is 10.3. The molecule has 2 rings (SSSR count). The summed E-state index contributed by atoms with van der Waals surface area (Å²) in [6.07, 6.45) is 3.46. The van der Waals surface area contributed by atoms with Crippen molar-refractivity contribution in [2.75, 3.05) is 33.3 Å². The van der Waals surface area contributed by atoms with Crippen LogP contribution in [0.5, 0.6) is 5.75 Å². The van der Waals surface area contributed by atoms with Gasteiger partial charge in [0.1, 0.15) is 18.2 Å². The van der Waals surface area contributed by atoms with Gasteiger partial charge in [0, 0.05) is 32.6 Å². The average molecular weight is 492 g/mol. The quantitative estimate of drug-likeness (QED) is 0.228. The highest BCUT2D eigenvalue weighted by Crippen LogP contribution is 2.18. The molecular weight excluding hydrogens is 462 g/mol. The first-order valence-electron chi connectivity index (χ1n) is 9.25. The van der Waals surface area contributed by atoms with Crippen LogP contribution in [-0.2, 0) is 4.79 Å². The third-order valence-electron chi connectivity index (χ3n) is 3.97. The van der Waals surface area contributed by atoms with E-state index in [4.69, 9.17) is 4.74 Å². The van der Waals surface area contributed by atoms with Gasteiger partial charge in [0.15, 0.2) is 5.96 Å². The molecule has 6 nitrogen and oxygen atoms in total. The average Bonchev–Trinajstić information content (AvgIpc) is 3.43. The van der Waals surface area contributed by atoms with Crippen LogP contribution >= 0.6 is 24.0 Å². The van der Waals surface area contributed by atoms with Crippen LogP contribution in [0, 0.1) is 5.82 Å². The molecule has 1 aliphatic carbocycles. The first-order valence-corrected chi connectivity index (χ1v) is 9.25. The van der Waals surface area contributed by atoms with Crippen molar-refractivity contribution in [3.63, 3.8) is 0 Å². The number of rotatable bonds is 10. The maximum absolute atomic E-state index is 12.9. The Morgan fingerprint density at radius 2 is 2.04 bits per heavy atom. The lowest BCUT2D eigenvalue weighted by molar-refractivity contribution is -0.121. The number of likely N-dealkylation sites (N-methyl/N-ethyl adjacent to an activating group) is 1. The van der Waals surface area contributed by atoms with Crippen LogP contribution in [0.25, 0.3) is 0 Å². The summed E-state index contributed by atoms with van der Waals surface area (Å²) >= 11 is 0. The maximum Gasteiger partial charge on any atom is 0.220 e. The number of guanidine groups is 1. The van der Waals surface area contributed by atoms with E-state index in [0.29, 0.717) is 37.9 Å². The summed E-state index contributed by atoms with van der Waals surface area (Å²) < 4.78 is 18.5. The molecule has 0 unspecified atom stereocenters. The summed E-state index contributed by atoms with van der Waals surface area (Å²) in [6, 6.07) is 6.40. The van der Waals surface area contributed by atoms with Gasteiger partial charge in [-0.15, -0.1) is 24.0 Å². The molecule has 0 radical (unpaired) electrons. The van der Waals surface area contributed by atoms with Crippen molar-refractivity contribution in [2.24, 2.45) is 4.99 Å². The Labute approximate surface area is 178 Å². The Morgan fingerprint density at radius 3 is 2.67 bits per heavy atom. The highest BCUT2D eigenvalue weighted by atomic mass is 127. The van der Waals surface area contributed by atoms with Crippen LogP contribution in [0.1, 0.15) is 32.6 Å². The van der Waals surface area contributed by atoms with Crippen molar-refractivity contribution in [2.45, 2.75) is 38.6 Å². The lowest BCUT2D eigenvalue weighted by Gasteiger charge is -2.22. The Morgan fingerprint density at radius 1 is 1.33 bits per heavy atom. The summed E-state index contributed by atoms with van der Waals surface area (Å²) in [4.78, 5) is 18.2. The van der Waals surface area contributed by atoms with E-state index in [2.05, 4.69) is 15.6 Å². The predicted octanol–water partition coefficient (Wildman–Crippen LogP) is 2.78. The van der Waals surface area contributed by atoms with Gasteiger partial charge in [-0.1, -0.05) is 0 Å². The number of halogens is 2. The molecule has 1 fully saturated rings. The molecule has 8 heteroatoms. The number of hydrogen-bond acceptors (Lipinski definition) is 3. The second-order valence-electron chi connectivity index (χ2n) is 6.40. The molecule has 0 spiro atoms. The number of aliphatic imine (C=N–C) groups is 1. The molecule has 27 heavy (non-hydrogen) atoms. The van der Waals surface area contributed by atoms with E-state index < -0.39 is 0 Å². The first kappa shape index (κ1) is 23.5. The minimum Gasteiger partial charge on any atom is -0.492 e. The van der Waals surface area contributed by atoms with Crippen LogP contribution in [0.15, 0.2) is 29.3 Å². The second kappa shape index (κ2) is 12.7. The van der Waals surface area contributed by atoms with Crippen LogP contribution < -0.4 is 15.4 Å². The number of amides is 1. The number of nitrogens with one attached hydrogen (secondary N) is 2. The molecule has 0 saturated heterocycles. The number of hydrogen-bond donors (Lipinski definition) is 2. The predicted molar refractivity (Wildman–Crippen MR) is 116 cm³/mol. The fourth-order valence-corrected chi connectivity index (χ4v) is 2.36. The molecule has 1 aromatic carbocycles. The maximum atomic E-state index is 12.9. The zero-order valence-electron chi connectivity index (χ0n) is 16.0. The standard InChI is InChI=1S/C19H29FN4O2.HI/c1-3-21-19(22-12-4-5-18(25)23-16-8-9-16)24(2)13-14-26-17-10-6-15(20)7-11-17;/h6-7,10-11,16H,3-5,8-9,12-14H2,1-2H3,(H,21,22)(H,23,25);1H. The van der Waals surface area contributed by atoms with Gasteiger partial charge < -0.3 is 20.3 Å². The van der Waals surface area contributed by atoms with Crippen LogP contribution in [0.3, 0.4) is 0 Å². The molecular formula is C19H30FIN4O2. The summed E-state index contributed by atoms with van der Waals surface area (Å²) in [7, 11) is 1.94. The SMILES string of the molecule is CCNC(=NCCCC(=O)NC1CC1)N(C)CCOc1ccc(F)cc1.I. The molecule has 0 aromatic heterocycles. The Kier molecular flexibility index (Phi) is 11.1. The van der Waals surface area contributed by atoms with E-state index in [-0.39, 0.29) is 35.7 Å². The van der Waals surface area contributed by atoms with Gasteiger partial charge in [-0.25, -0.2) is 4.39 Å². The third-order valence-corrected chi connectivity index (χ3v) is 3.97. The largest absolute Gasteiger partial charge is 0.492 e. The van der Waals surface area contributed by atoms with E-state index in [0.717, 1.165) is 31.8 Å². The topological polar surface area (TPSA) is 66.0 Å². The summed E-state index contributed by atoms with van der Waals surface area (Å²) in [5.74, 6) is 1.27. The second-order valence-corrected chi connectivity index (χ2v) is 6.40. The van der Waals surface area contributed by atoms with Crippen molar-refractivity contribution in [1.29, 1.82) is 0 Å². The van der Waals surface area contributed by atoms with E-state index in [1.165, 1.54) is 12.1 Å². The first-order chi connectivity index (χ1) is 12.6. The molecule has 152 valence electrons. The van der Waals surface area contributed by atoms with Crippen LogP contribution in [0.2, 0.25) is 0 Å². The molecule has 1 saturated carbocycles. The summed E-state index contributed by atoms with van der Waals surface area (Å²) in [5, 5.41) is 6.22. The number of nitrogens with zero attached hydrogens (tertiary/aromatic N) is 2. The molecule has 0 aliphatic heterocycles. The molecule has 1 amide bonds. The molecule has 0 heterocycles. The zero-order chi connectivity index (χ0) is 18.8. The van der Waals surface area contributed by atoms with Crippen LogP contribution in [0.4, 0.5) is 4.39 Å². The molecule has 1 aromatic rings.